The third-order valence-electron chi connectivity index (χ3n) is 8.85. The highest BCUT2D eigenvalue weighted by Crippen LogP contribution is 2.21. The molecule has 1 aliphatic heterocycles. The molecule has 268 valence electrons. The first-order valence-corrected chi connectivity index (χ1v) is 17.1. The van der Waals surface area contributed by atoms with E-state index in [4.69, 9.17) is 17.2 Å². The van der Waals surface area contributed by atoms with Gasteiger partial charge in [-0.3, -0.25) is 24.0 Å². The Labute approximate surface area is 288 Å². The average molecular weight is 680 g/mol. The molecule has 4 amide bonds. The van der Waals surface area contributed by atoms with Crippen molar-refractivity contribution < 1.29 is 29.1 Å². The Morgan fingerprint density at radius 1 is 0.776 bits per heavy atom. The summed E-state index contributed by atoms with van der Waals surface area (Å²) in [5.41, 5.74) is 18.2. The van der Waals surface area contributed by atoms with Crippen molar-refractivity contribution in [2.75, 3.05) is 19.6 Å². The van der Waals surface area contributed by atoms with E-state index < -0.39 is 53.4 Å². The summed E-state index contributed by atoms with van der Waals surface area (Å²) in [6, 6.07) is 14.7. The minimum Gasteiger partial charge on any atom is -0.480 e. The van der Waals surface area contributed by atoms with E-state index in [0.29, 0.717) is 25.8 Å². The lowest BCUT2D eigenvalue weighted by atomic mass is 9.88. The van der Waals surface area contributed by atoms with Crippen LogP contribution in [0.4, 0.5) is 0 Å². The minimum absolute atomic E-state index is 0.000286. The zero-order chi connectivity index (χ0) is 36.0. The van der Waals surface area contributed by atoms with E-state index in [0.717, 1.165) is 11.1 Å². The number of carboxylic acids is 1. The number of aliphatic carboxylic acids is 1. The molecule has 0 aliphatic carbocycles. The summed E-state index contributed by atoms with van der Waals surface area (Å²) in [7, 11) is 0. The van der Waals surface area contributed by atoms with Crippen LogP contribution in [0.1, 0.15) is 63.5 Å². The number of nitrogens with two attached hydrogens (primary N) is 3. The number of nitrogens with zero attached hydrogens (tertiary/aromatic N) is 1. The topological polar surface area (TPSA) is 223 Å². The van der Waals surface area contributed by atoms with Crippen LogP contribution in [0.15, 0.2) is 60.7 Å². The van der Waals surface area contributed by atoms with Crippen molar-refractivity contribution in [1.29, 1.82) is 0 Å². The van der Waals surface area contributed by atoms with Crippen molar-refractivity contribution in [1.82, 2.24) is 20.9 Å². The zero-order valence-electron chi connectivity index (χ0n) is 28.6. The number of carbonyl (C=O) groups is 5. The van der Waals surface area contributed by atoms with E-state index >= 15 is 0 Å². The Kier molecular flexibility index (Phi) is 15.2. The van der Waals surface area contributed by atoms with Gasteiger partial charge in [-0.2, -0.15) is 0 Å². The maximum absolute atomic E-state index is 13.9. The van der Waals surface area contributed by atoms with Crippen LogP contribution in [-0.2, 0) is 36.8 Å². The monoisotopic (exact) mass is 679 g/mol. The minimum atomic E-state index is -1.40. The van der Waals surface area contributed by atoms with Crippen LogP contribution >= 0.6 is 0 Å². The van der Waals surface area contributed by atoms with Gasteiger partial charge in [0.15, 0.2) is 0 Å². The number of hydrogen-bond acceptors (Lipinski definition) is 8. The van der Waals surface area contributed by atoms with Crippen LogP contribution in [0, 0.1) is 5.92 Å². The average Bonchev–Trinajstić information content (AvgIpc) is 3.07. The lowest BCUT2D eigenvalue weighted by molar-refractivity contribution is -0.148. The summed E-state index contributed by atoms with van der Waals surface area (Å²) in [6.45, 7) is 4.53. The third-order valence-corrected chi connectivity index (χ3v) is 8.85. The Morgan fingerprint density at radius 3 is 1.82 bits per heavy atom. The van der Waals surface area contributed by atoms with Gasteiger partial charge in [-0.15, -0.1) is 0 Å². The van der Waals surface area contributed by atoms with Crippen molar-refractivity contribution in [3.63, 3.8) is 0 Å². The van der Waals surface area contributed by atoms with E-state index in [9.17, 15) is 29.1 Å². The van der Waals surface area contributed by atoms with Crippen molar-refractivity contribution >= 4 is 29.6 Å². The summed E-state index contributed by atoms with van der Waals surface area (Å²) in [5, 5.41) is 18.0. The molecule has 13 heteroatoms. The van der Waals surface area contributed by atoms with Crippen molar-refractivity contribution in [2.45, 2.75) is 94.9 Å². The molecule has 0 radical (unpaired) electrons. The SMILES string of the molecule is CC(C)C[C@H](NC(=O)[C@H](Cc1ccccc1)NC(=O)[C@H](N)Cc1ccccc1)C(=O)N[C@H](CCCCN)C(=O)N1CCC(N)(C(=O)O)CC1. The van der Waals surface area contributed by atoms with Gasteiger partial charge in [0, 0.05) is 19.5 Å². The second kappa shape index (κ2) is 19.0. The van der Waals surface area contributed by atoms with E-state index in [-0.39, 0.29) is 57.0 Å². The Balaban J connectivity index is 1.77. The first-order chi connectivity index (χ1) is 23.3. The highest BCUT2D eigenvalue weighted by Gasteiger charge is 2.40. The molecule has 4 atom stereocenters. The molecule has 13 nitrogen and oxygen atoms in total. The molecular weight excluding hydrogens is 626 g/mol. The highest BCUT2D eigenvalue weighted by atomic mass is 16.4. The van der Waals surface area contributed by atoms with Crippen LogP contribution in [0.5, 0.6) is 0 Å². The second-order valence-electron chi connectivity index (χ2n) is 13.4. The molecule has 0 bridgehead atoms. The number of benzene rings is 2. The molecule has 10 N–H and O–H groups in total. The van der Waals surface area contributed by atoms with Gasteiger partial charge in [0.2, 0.25) is 23.6 Å². The summed E-state index contributed by atoms with van der Waals surface area (Å²) in [4.78, 5) is 67.7. The number of nitrogens with one attached hydrogen (secondary N) is 3. The predicted molar refractivity (Wildman–Crippen MR) is 187 cm³/mol. The van der Waals surface area contributed by atoms with E-state index in [1.807, 2.05) is 74.5 Å². The number of piperidine rings is 1. The molecule has 49 heavy (non-hydrogen) atoms. The van der Waals surface area contributed by atoms with Gasteiger partial charge in [-0.1, -0.05) is 74.5 Å². The molecule has 2 aromatic rings. The van der Waals surface area contributed by atoms with Gasteiger partial charge in [-0.05, 0) is 68.5 Å². The number of likely N-dealkylation sites (tertiary alicyclic amines) is 1. The van der Waals surface area contributed by atoms with Gasteiger partial charge < -0.3 is 43.2 Å². The van der Waals surface area contributed by atoms with Crippen LogP contribution in [0.25, 0.3) is 0 Å². The fourth-order valence-corrected chi connectivity index (χ4v) is 5.86. The van der Waals surface area contributed by atoms with Gasteiger partial charge in [0.05, 0.1) is 6.04 Å². The molecule has 2 aromatic carbocycles. The Bertz CT molecular complexity index is 1380. The Morgan fingerprint density at radius 2 is 1.29 bits per heavy atom. The molecule has 1 heterocycles. The molecule has 1 saturated heterocycles. The normalized spacial score (nSPS) is 16.6. The quantitative estimate of drug-likeness (QED) is 0.111. The standard InChI is InChI=1S/C36H53N7O6/c1-24(2)21-29(32(45)40-28(15-9-10-18-37)34(47)43-19-16-36(39,17-20-43)35(48)49)42-33(46)30(23-26-13-7-4-8-14-26)41-31(44)27(38)22-25-11-5-3-6-12-25/h3-8,11-14,24,27-30H,9-10,15-23,37-39H2,1-2H3,(H,40,45)(H,41,44)(H,42,46)(H,48,49)/t27-,28-,29+,30+/m1/s1. The van der Waals surface area contributed by atoms with Crippen molar-refractivity contribution in [3.05, 3.63) is 71.8 Å². The molecule has 0 aromatic heterocycles. The maximum Gasteiger partial charge on any atom is 0.323 e. The third kappa shape index (κ3) is 12.3. The molecular formula is C36H53N7O6. The van der Waals surface area contributed by atoms with Gasteiger partial charge in [0.25, 0.3) is 0 Å². The predicted octanol–water partition coefficient (Wildman–Crippen LogP) is 0.833. The molecule has 0 unspecified atom stereocenters. The summed E-state index contributed by atoms with van der Waals surface area (Å²) in [6.07, 6.45) is 2.44. The summed E-state index contributed by atoms with van der Waals surface area (Å²) >= 11 is 0. The van der Waals surface area contributed by atoms with Gasteiger partial charge in [-0.25, -0.2) is 0 Å². The van der Waals surface area contributed by atoms with E-state index in [2.05, 4.69) is 16.0 Å². The number of hydrogen-bond donors (Lipinski definition) is 7. The fourth-order valence-electron chi connectivity index (χ4n) is 5.86. The number of amides is 4. The lowest BCUT2D eigenvalue weighted by Gasteiger charge is -2.38. The molecule has 0 saturated carbocycles. The lowest BCUT2D eigenvalue weighted by Crippen LogP contribution is -2.60. The van der Waals surface area contributed by atoms with Crippen LogP contribution in [0.3, 0.4) is 0 Å². The molecule has 3 rings (SSSR count). The van der Waals surface area contributed by atoms with Crippen LogP contribution < -0.4 is 33.2 Å². The first-order valence-electron chi connectivity index (χ1n) is 17.1. The number of unbranched alkanes of at least 4 members (excludes halogenated alkanes) is 1. The maximum atomic E-state index is 13.9. The number of carbonyl (C=O) groups excluding carboxylic acids is 4. The van der Waals surface area contributed by atoms with E-state index in [1.165, 1.54) is 4.90 Å². The summed E-state index contributed by atoms with van der Waals surface area (Å²) in [5.74, 6) is -3.04. The largest absolute Gasteiger partial charge is 0.480 e. The van der Waals surface area contributed by atoms with Gasteiger partial charge >= 0.3 is 5.97 Å². The number of carboxylic acid groups (broad SMARTS) is 1. The van der Waals surface area contributed by atoms with Gasteiger partial charge in [0.1, 0.15) is 23.7 Å². The first kappa shape index (κ1) is 39.1. The number of rotatable bonds is 18. The molecule has 1 aliphatic rings. The Hall–Kier alpha value is -4.33. The molecule has 1 fully saturated rings. The van der Waals surface area contributed by atoms with Crippen molar-refractivity contribution in [3.8, 4) is 0 Å². The highest BCUT2D eigenvalue weighted by molar-refractivity contribution is 5.95. The summed E-state index contributed by atoms with van der Waals surface area (Å²) < 4.78 is 0. The van der Waals surface area contributed by atoms with Crippen LogP contribution in [0.2, 0.25) is 0 Å². The van der Waals surface area contributed by atoms with Crippen LogP contribution in [-0.4, -0.2) is 88.9 Å². The van der Waals surface area contributed by atoms with Crippen molar-refractivity contribution in [2.24, 2.45) is 23.1 Å². The second-order valence-corrected chi connectivity index (χ2v) is 13.4. The fraction of sp³-hybridized carbons (Fsp3) is 0.528. The smallest absolute Gasteiger partial charge is 0.323 e. The zero-order valence-corrected chi connectivity index (χ0v) is 28.6. The molecule has 0 spiro atoms. The van der Waals surface area contributed by atoms with E-state index in [1.54, 1.807) is 0 Å².